The molecule has 0 bridgehead atoms. The van der Waals surface area contributed by atoms with E-state index in [-0.39, 0.29) is 5.91 Å². The third-order valence-electron chi connectivity index (χ3n) is 5.04. The molecule has 142 valence electrons. The molecule has 1 aliphatic rings. The highest BCUT2D eigenvalue weighted by Crippen LogP contribution is 2.21. The van der Waals surface area contributed by atoms with E-state index in [4.69, 9.17) is 15.7 Å². The topological polar surface area (TPSA) is 112 Å². The van der Waals surface area contributed by atoms with Crippen molar-refractivity contribution in [3.05, 3.63) is 59.7 Å². The summed E-state index contributed by atoms with van der Waals surface area (Å²) in [6.07, 6.45) is 1.31. The third-order valence-corrected chi connectivity index (χ3v) is 5.04. The van der Waals surface area contributed by atoms with Crippen molar-refractivity contribution in [2.24, 2.45) is 5.73 Å². The normalized spacial score (nSPS) is 16.4. The fraction of sp³-hybridized carbons (Fsp3) is 0.318. The molecule has 2 aromatic carbocycles. The van der Waals surface area contributed by atoms with Crippen LogP contribution >= 0.6 is 0 Å². The molecule has 0 aromatic heterocycles. The van der Waals surface area contributed by atoms with Gasteiger partial charge >= 0.3 is 0 Å². The zero-order chi connectivity index (χ0) is 20.0. The smallest absolute Gasteiger partial charge is 0.241 e. The third kappa shape index (κ3) is 4.55. The number of nitrogens with zero attached hydrogens (tertiary/aromatic N) is 2. The van der Waals surface area contributed by atoms with Crippen LogP contribution in [0.2, 0.25) is 0 Å². The van der Waals surface area contributed by atoms with Crippen molar-refractivity contribution in [3.63, 3.8) is 0 Å². The molecule has 3 rings (SSSR count). The molecule has 1 heterocycles. The Labute approximate surface area is 164 Å². The molecule has 1 saturated heterocycles. The number of hydrogen-bond acceptors (Lipinski definition) is 5. The van der Waals surface area contributed by atoms with Gasteiger partial charge in [-0.25, -0.2) is 0 Å². The Morgan fingerprint density at radius 2 is 1.64 bits per heavy atom. The molecule has 0 aliphatic carbocycles. The molecule has 1 atom stereocenters. The van der Waals surface area contributed by atoms with Crippen LogP contribution in [0.4, 0.5) is 0 Å². The molecule has 6 heteroatoms. The molecule has 1 unspecified atom stereocenters. The van der Waals surface area contributed by atoms with Gasteiger partial charge in [-0.15, -0.1) is 0 Å². The summed E-state index contributed by atoms with van der Waals surface area (Å²) in [5.74, 6) is -0.295. The van der Waals surface area contributed by atoms with Crippen molar-refractivity contribution in [2.75, 3.05) is 13.2 Å². The Morgan fingerprint density at radius 1 is 1.07 bits per heavy atom. The fourth-order valence-electron chi connectivity index (χ4n) is 3.20. The lowest BCUT2D eigenvalue weighted by Gasteiger charge is -2.32. The Balaban J connectivity index is 1.64. The average Bonchev–Trinajstić information content (AvgIpc) is 2.74. The highest BCUT2D eigenvalue weighted by Gasteiger charge is 2.36. The van der Waals surface area contributed by atoms with Crippen LogP contribution in [0.1, 0.15) is 24.0 Å². The van der Waals surface area contributed by atoms with Crippen molar-refractivity contribution in [3.8, 4) is 23.3 Å². The number of hydrogen-bond donors (Lipinski definition) is 2. The van der Waals surface area contributed by atoms with Gasteiger partial charge < -0.3 is 15.8 Å². The van der Waals surface area contributed by atoms with Crippen LogP contribution in [0.25, 0.3) is 11.1 Å². The maximum atomic E-state index is 12.5. The van der Waals surface area contributed by atoms with E-state index in [0.717, 1.165) is 16.7 Å². The van der Waals surface area contributed by atoms with E-state index in [0.29, 0.717) is 38.0 Å². The number of amides is 1. The lowest BCUT2D eigenvalue weighted by atomic mass is 9.90. The second-order valence-corrected chi connectivity index (χ2v) is 7.01. The molecule has 6 nitrogen and oxygen atoms in total. The van der Waals surface area contributed by atoms with Crippen LogP contribution in [0.15, 0.2) is 48.5 Å². The Kier molecular flexibility index (Phi) is 6.06. The van der Waals surface area contributed by atoms with Crippen molar-refractivity contribution < 1.29 is 9.53 Å². The van der Waals surface area contributed by atoms with E-state index in [2.05, 4.69) is 17.5 Å². The number of rotatable bonds is 5. The molecular weight excluding hydrogens is 352 g/mol. The van der Waals surface area contributed by atoms with Gasteiger partial charge in [0, 0.05) is 19.6 Å². The number of carbonyl (C=O) groups is 1. The predicted molar refractivity (Wildman–Crippen MR) is 105 cm³/mol. The zero-order valence-electron chi connectivity index (χ0n) is 15.5. The second-order valence-electron chi connectivity index (χ2n) is 7.01. The number of nitriles is 2. The second kappa shape index (κ2) is 8.67. The maximum absolute atomic E-state index is 12.5. The van der Waals surface area contributed by atoms with Gasteiger partial charge in [-0.2, -0.15) is 10.5 Å². The van der Waals surface area contributed by atoms with Crippen LogP contribution in [-0.4, -0.2) is 30.7 Å². The summed E-state index contributed by atoms with van der Waals surface area (Å²) in [6, 6.07) is 18.8. The summed E-state index contributed by atoms with van der Waals surface area (Å²) < 4.78 is 5.26. The van der Waals surface area contributed by atoms with Gasteiger partial charge in [0.15, 0.2) is 0 Å². The minimum atomic E-state index is -0.965. The molecule has 2 aromatic rings. The Bertz CT molecular complexity index is 902. The number of carbonyl (C=O) groups excluding carboxylic acids is 1. The van der Waals surface area contributed by atoms with Crippen LogP contribution in [0, 0.1) is 22.7 Å². The molecule has 0 radical (unpaired) electrons. The van der Waals surface area contributed by atoms with Gasteiger partial charge in [0.2, 0.25) is 5.91 Å². The molecule has 0 spiro atoms. The Hall–Kier alpha value is -3.19. The van der Waals surface area contributed by atoms with Gasteiger partial charge in [-0.1, -0.05) is 36.4 Å². The molecule has 1 amide bonds. The van der Waals surface area contributed by atoms with Gasteiger partial charge in [0.05, 0.1) is 23.2 Å². The van der Waals surface area contributed by atoms with E-state index in [1.54, 1.807) is 12.1 Å². The highest BCUT2D eigenvalue weighted by molar-refractivity contribution is 5.86. The molecule has 1 aliphatic heterocycles. The molecule has 0 saturated carbocycles. The van der Waals surface area contributed by atoms with Gasteiger partial charge in [0.25, 0.3) is 0 Å². The SMILES string of the molecule is N#Cc1ccc(-c2ccc(CC(C#N)NC(=O)C3(N)CCOCC3)cc2)cc1. The quantitative estimate of drug-likeness (QED) is 0.834. The first-order valence-corrected chi connectivity index (χ1v) is 9.21. The van der Waals surface area contributed by atoms with Crippen LogP contribution < -0.4 is 11.1 Å². The Morgan fingerprint density at radius 3 is 2.18 bits per heavy atom. The van der Waals surface area contributed by atoms with Gasteiger partial charge in [-0.05, 0) is 41.7 Å². The minimum absolute atomic E-state index is 0.295. The number of nitrogens with one attached hydrogen (secondary N) is 1. The van der Waals surface area contributed by atoms with Crippen molar-refractivity contribution in [1.29, 1.82) is 10.5 Å². The summed E-state index contributed by atoms with van der Waals surface area (Å²) in [4.78, 5) is 12.5. The highest BCUT2D eigenvalue weighted by atomic mass is 16.5. The number of benzene rings is 2. The molecule has 28 heavy (non-hydrogen) atoms. The standard InChI is InChI=1S/C22H22N4O2/c23-14-17-3-7-19(8-4-17)18-5-1-16(2-6-18)13-20(15-24)26-21(27)22(25)9-11-28-12-10-22/h1-8,20H,9-13,25H2,(H,26,27). The summed E-state index contributed by atoms with van der Waals surface area (Å²) in [7, 11) is 0. The number of nitrogens with two attached hydrogens (primary N) is 1. The van der Waals surface area contributed by atoms with Crippen LogP contribution in [-0.2, 0) is 16.0 Å². The van der Waals surface area contributed by atoms with Crippen LogP contribution in [0.3, 0.4) is 0 Å². The van der Waals surface area contributed by atoms with E-state index >= 15 is 0 Å². The summed E-state index contributed by atoms with van der Waals surface area (Å²) in [5.41, 5.74) is 8.82. The molecule has 1 fully saturated rings. The fourth-order valence-corrected chi connectivity index (χ4v) is 3.20. The van der Waals surface area contributed by atoms with E-state index in [1.807, 2.05) is 36.4 Å². The van der Waals surface area contributed by atoms with Gasteiger partial charge in [-0.3, -0.25) is 4.79 Å². The lowest BCUT2D eigenvalue weighted by Crippen LogP contribution is -2.58. The van der Waals surface area contributed by atoms with Crippen LogP contribution in [0.5, 0.6) is 0 Å². The summed E-state index contributed by atoms with van der Waals surface area (Å²) >= 11 is 0. The largest absolute Gasteiger partial charge is 0.381 e. The van der Waals surface area contributed by atoms with Crippen molar-refractivity contribution in [2.45, 2.75) is 30.8 Å². The van der Waals surface area contributed by atoms with Gasteiger partial charge in [0.1, 0.15) is 6.04 Å². The maximum Gasteiger partial charge on any atom is 0.241 e. The molecular formula is C22H22N4O2. The zero-order valence-corrected chi connectivity index (χ0v) is 15.5. The first-order valence-electron chi connectivity index (χ1n) is 9.21. The van der Waals surface area contributed by atoms with E-state index in [9.17, 15) is 10.1 Å². The van der Waals surface area contributed by atoms with E-state index in [1.165, 1.54) is 0 Å². The van der Waals surface area contributed by atoms with Crippen molar-refractivity contribution >= 4 is 5.91 Å². The first kappa shape index (κ1) is 19.6. The average molecular weight is 374 g/mol. The van der Waals surface area contributed by atoms with E-state index < -0.39 is 11.6 Å². The summed E-state index contributed by atoms with van der Waals surface area (Å²) in [6.45, 7) is 0.913. The monoisotopic (exact) mass is 374 g/mol. The predicted octanol–water partition coefficient (Wildman–Crippen LogP) is 2.28. The van der Waals surface area contributed by atoms with Crippen molar-refractivity contribution in [1.82, 2.24) is 5.32 Å². The first-order chi connectivity index (χ1) is 13.5. The minimum Gasteiger partial charge on any atom is -0.381 e. The number of ether oxygens (including phenoxy) is 1. The molecule has 3 N–H and O–H groups in total. The summed E-state index contributed by atoms with van der Waals surface area (Å²) in [5, 5.41) is 21.1. The lowest BCUT2D eigenvalue weighted by molar-refractivity contribution is -0.130.